The van der Waals surface area contributed by atoms with Gasteiger partial charge in [-0.15, -0.1) is 0 Å². The predicted octanol–water partition coefficient (Wildman–Crippen LogP) is 16.1. The van der Waals surface area contributed by atoms with Crippen LogP contribution in [0.2, 0.25) is 0 Å². The van der Waals surface area contributed by atoms with Gasteiger partial charge in [0.2, 0.25) is 0 Å². The van der Waals surface area contributed by atoms with Gasteiger partial charge in [-0.05, 0) is 111 Å². The fraction of sp³-hybridized carbons (Fsp3) is 0.0820. The van der Waals surface area contributed by atoms with Crippen molar-refractivity contribution in [3.63, 3.8) is 0 Å². The molecule has 64 heavy (non-hydrogen) atoms. The van der Waals surface area contributed by atoms with Crippen molar-refractivity contribution < 1.29 is 9.47 Å². The Hall–Kier alpha value is -7.88. The fourth-order valence-electron chi connectivity index (χ4n) is 11.1. The van der Waals surface area contributed by atoms with Crippen LogP contribution in [-0.2, 0) is 5.41 Å². The number of hydrogen-bond acceptors (Lipinski definition) is 3. The Bertz CT molecular complexity index is 3270. The zero-order chi connectivity index (χ0) is 42.2. The average Bonchev–Trinajstić information content (AvgIpc) is 3.84. The maximum Gasteiger partial charge on any atom is 0.178 e. The lowest BCUT2D eigenvalue weighted by molar-refractivity contribution is 0.360. The highest BCUT2D eigenvalue weighted by atomic mass is 16.6. The van der Waals surface area contributed by atoms with Crippen molar-refractivity contribution in [1.29, 1.82) is 0 Å². The molecule has 1 atom stereocenters. The minimum absolute atomic E-state index is 0.215. The molecule has 0 saturated carbocycles. The zero-order valence-electron chi connectivity index (χ0n) is 35.2. The molecule has 13 rings (SSSR count). The number of ether oxygens (including phenoxy) is 2. The maximum atomic E-state index is 7.08. The van der Waals surface area contributed by atoms with Crippen LogP contribution in [0.1, 0.15) is 58.6 Å². The second kappa shape index (κ2) is 14.6. The van der Waals surface area contributed by atoms with Gasteiger partial charge in [-0.3, -0.25) is 0 Å². The summed E-state index contributed by atoms with van der Waals surface area (Å²) in [6.45, 7) is 0. The van der Waals surface area contributed by atoms with E-state index in [1.165, 1.54) is 55.6 Å². The smallest absolute Gasteiger partial charge is 0.178 e. The summed E-state index contributed by atoms with van der Waals surface area (Å²) in [5.41, 5.74) is 18.9. The first-order chi connectivity index (χ1) is 31.7. The number of para-hydroxylation sites is 1. The lowest BCUT2D eigenvalue weighted by Crippen LogP contribution is -2.25. The third kappa shape index (κ3) is 5.53. The van der Waals surface area contributed by atoms with Gasteiger partial charge in [-0.25, -0.2) is 0 Å². The lowest BCUT2D eigenvalue weighted by atomic mass is 9.70. The third-order valence-electron chi connectivity index (χ3n) is 13.9. The van der Waals surface area contributed by atoms with Crippen LogP contribution in [0.25, 0.3) is 39.0 Å². The van der Waals surface area contributed by atoms with E-state index >= 15 is 0 Å². The van der Waals surface area contributed by atoms with E-state index in [0.717, 1.165) is 58.8 Å². The fourth-order valence-corrected chi connectivity index (χ4v) is 11.1. The molecule has 4 aliphatic carbocycles. The first-order valence-corrected chi connectivity index (χ1v) is 22.5. The van der Waals surface area contributed by atoms with Crippen molar-refractivity contribution in [2.24, 2.45) is 0 Å². The van der Waals surface area contributed by atoms with E-state index in [1.807, 2.05) is 0 Å². The summed E-state index contributed by atoms with van der Waals surface area (Å²) in [6, 6.07) is 66.0. The van der Waals surface area contributed by atoms with Crippen molar-refractivity contribution in [3.05, 3.63) is 258 Å². The summed E-state index contributed by atoms with van der Waals surface area (Å²) in [7, 11) is 0. The second-order valence-corrected chi connectivity index (χ2v) is 17.4. The molecule has 8 aromatic carbocycles. The van der Waals surface area contributed by atoms with Crippen LogP contribution in [-0.4, -0.2) is 0 Å². The number of benzene rings is 8. The van der Waals surface area contributed by atoms with Gasteiger partial charge in [0.1, 0.15) is 0 Å². The molecule has 1 unspecified atom stereocenters. The zero-order valence-corrected chi connectivity index (χ0v) is 35.2. The number of hydrogen-bond donors (Lipinski definition) is 0. The molecule has 0 bridgehead atoms. The Balaban J connectivity index is 0.918. The first-order valence-electron chi connectivity index (χ1n) is 22.5. The normalized spacial score (nSPS) is 16.5. The Morgan fingerprint density at radius 3 is 1.91 bits per heavy atom. The molecule has 8 aromatic rings. The molecule has 0 aromatic heterocycles. The van der Waals surface area contributed by atoms with Crippen molar-refractivity contribution in [1.82, 2.24) is 0 Å². The molecule has 0 saturated heterocycles. The van der Waals surface area contributed by atoms with Gasteiger partial charge in [-0.2, -0.15) is 0 Å². The third-order valence-corrected chi connectivity index (χ3v) is 13.9. The van der Waals surface area contributed by atoms with Crippen molar-refractivity contribution >= 4 is 16.9 Å². The van der Waals surface area contributed by atoms with E-state index in [-0.39, 0.29) is 5.92 Å². The van der Waals surface area contributed by atoms with E-state index < -0.39 is 5.41 Å². The van der Waals surface area contributed by atoms with E-state index in [2.05, 4.69) is 223 Å². The van der Waals surface area contributed by atoms with Crippen LogP contribution in [0, 0.1) is 0 Å². The molecule has 1 spiro atoms. The second-order valence-electron chi connectivity index (χ2n) is 17.4. The maximum absolute atomic E-state index is 7.08. The van der Waals surface area contributed by atoms with Crippen LogP contribution in [0.4, 0.5) is 11.4 Å². The van der Waals surface area contributed by atoms with Crippen molar-refractivity contribution in [2.45, 2.75) is 30.6 Å². The first kappa shape index (κ1) is 36.7. The molecule has 1 heterocycles. The van der Waals surface area contributed by atoms with E-state index in [9.17, 15) is 0 Å². The van der Waals surface area contributed by atoms with Crippen molar-refractivity contribution in [2.75, 3.05) is 4.90 Å². The number of fused-ring (bicyclic) bond motifs is 13. The van der Waals surface area contributed by atoms with Gasteiger partial charge in [0, 0.05) is 28.8 Å². The standard InChI is InChI=1S/C61H43NO2/c1-3-16-40(17-4-1)41-30-32-42(33-31-41)44-20-15-21-45(38-44)62(55-29-14-10-22-47(55)43-18-5-2-6-19-43)46-34-36-56-58(39-46)63-57-37-35-54-59(60(57)64-56)50-25-9-13-28-53(50)61(54)51-26-11-7-23-48(51)49-24-8-12-27-52(49)61/h2-3,5-19,21-39,44H,1,4,20H2. The highest BCUT2D eigenvalue weighted by molar-refractivity contribution is 5.98. The average molecular weight is 822 g/mol. The SMILES string of the molecule is C1=CC(c2ccc(C3C=C(N(c4ccc5c(c4)Oc4ccc6c(c4O5)-c4ccccc4C64c5ccccc5-c5ccccc54)c4ccccc4-c4ccccc4)C=CC3)cc2)=CCC1. The molecule has 304 valence electrons. The highest BCUT2D eigenvalue weighted by Gasteiger charge is 2.53. The van der Waals surface area contributed by atoms with Gasteiger partial charge in [0.15, 0.2) is 23.0 Å². The van der Waals surface area contributed by atoms with Crippen LogP contribution in [0.15, 0.2) is 224 Å². The van der Waals surface area contributed by atoms with Gasteiger partial charge >= 0.3 is 0 Å². The molecule has 0 N–H and O–H groups in total. The summed E-state index contributed by atoms with van der Waals surface area (Å²) in [5.74, 6) is 3.07. The lowest BCUT2D eigenvalue weighted by Gasteiger charge is -2.32. The van der Waals surface area contributed by atoms with Crippen molar-refractivity contribution in [3.8, 4) is 56.4 Å². The summed E-state index contributed by atoms with van der Waals surface area (Å²) >= 11 is 0. The van der Waals surface area contributed by atoms with Gasteiger partial charge in [-0.1, -0.05) is 182 Å². The topological polar surface area (TPSA) is 21.7 Å². The highest BCUT2D eigenvalue weighted by Crippen LogP contribution is 2.66. The molecule has 5 aliphatic rings. The molecule has 3 heteroatoms. The molecule has 0 radical (unpaired) electrons. The number of nitrogens with zero attached hydrogens (tertiary/aromatic N) is 1. The van der Waals surface area contributed by atoms with E-state index in [0.29, 0.717) is 17.2 Å². The van der Waals surface area contributed by atoms with Crippen LogP contribution in [0.5, 0.6) is 23.0 Å². The minimum atomic E-state index is -0.459. The van der Waals surface area contributed by atoms with Crippen LogP contribution in [0.3, 0.4) is 0 Å². The number of rotatable bonds is 6. The Morgan fingerprint density at radius 1 is 0.484 bits per heavy atom. The molecule has 3 nitrogen and oxygen atoms in total. The molecular formula is C61H43NO2. The van der Waals surface area contributed by atoms with Gasteiger partial charge < -0.3 is 14.4 Å². The molecule has 0 fully saturated rings. The molecule has 0 amide bonds. The Labute approximate surface area is 374 Å². The summed E-state index contributed by atoms with van der Waals surface area (Å²) in [5, 5.41) is 0. The van der Waals surface area contributed by atoms with Gasteiger partial charge in [0.05, 0.1) is 16.8 Å². The number of allylic oxidation sites excluding steroid dienone is 7. The summed E-state index contributed by atoms with van der Waals surface area (Å²) in [6.07, 6.45) is 17.0. The largest absolute Gasteiger partial charge is 0.449 e. The summed E-state index contributed by atoms with van der Waals surface area (Å²) in [4.78, 5) is 2.38. The Morgan fingerprint density at radius 2 is 1.16 bits per heavy atom. The number of anilines is 2. The molecule has 1 aliphatic heterocycles. The Kier molecular flexibility index (Phi) is 8.39. The quantitative estimate of drug-likeness (QED) is 0.167. The van der Waals surface area contributed by atoms with Gasteiger partial charge in [0.25, 0.3) is 0 Å². The van der Waals surface area contributed by atoms with E-state index in [1.54, 1.807) is 0 Å². The van der Waals surface area contributed by atoms with E-state index in [4.69, 9.17) is 9.47 Å². The van der Waals surface area contributed by atoms with Crippen LogP contribution >= 0.6 is 0 Å². The minimum Gasteiger partial charge on any atom is -0.449 e. The molecular weight excluding hydrogens is 779 g/mol. The monoisotopic (exact) mass is 821 g/mol. The van der Waals surface area contributed by atoms with Crippen LogP contribution < -0.4 is 14.4 Å². The summed E-state index contributed by atoms with van der Waals surface area (Å²) < 4.78 is 14.1. The predicted molar refractivity (Wildman–Crippen MR) is 261 cm³/mol.